The fourth-order valence-electron chi connectivity index (χ4n) is 1.13. The summed E-state index contributed by atoms with van der Waals surface area (Å²) in [4.78, 5) is 22.8. The molecule has 4 nitrogen and oxygen atoms in total. The van der Waals surface area contributed by atoms with Gasteiger partial charge in [-0.25, -0.2) is 9.59 Å². The van der Waals surface area contributed by atoms with E-state index in [4.69, 9.17) is 0 Å². The van der Waals surface area contributed by atoms with Gasteiger partial charge in [-0.05, 0) is 18.9 Å². The molecule has 0 aromatic carbocycles. The van der Waals surface area contributed by atoms with E-state index in [9.17, 15) is 9.59 Å². The Kier molecular flexibility index (Phi) is 6.33. The van der Waals surface area contributed by atoms with Crippen LogP contribution in [-0.4, -0.2) is 30.5 Å². The van der Waals surface area contributed by atoms with E-state index in [1.807, 2.05) is 13.8 Å². The maximum absolute atomic E-state index is 11.4. The Morgan fingerprint density at radius 1 is 1.12 bits per heavy atom. The minimum absolute atomic E-state index is 0.0782. The maximum atomic E-state index is 11.4. The van der Waals surface area contributed by atoms with Crippen molar-refractivity contribution in [1.29, 1.82) is 0 Å². The number of hydrogen-bond donors (Lipinski definition) is 0. The lowest BCUT2D eigenvalue weighted by molar-refractivity contribution is -0.144. The van der Waals surface area contributed by atoms with Crippen LogP contribution < -0.4 is 0 Å². The summed E-state index contributed by atoms with van der Waals surface area (Å²) in [5.41, 5.74) is -0.0782. The summed E-state index contributed by atoms with van der Waals surface area (Å²) in [6.45, 7) is 3.92. The summed E-state index contributed by atoms with van der Waals surface area (Å²) >= 11 is 3.49. The van der Waals surface area contributed by atoms with Crippen LogP contribution in [0.1, 0.15) is 26.7 Å². The Labute approximate surface area is 104 Å². The number of methoxy groups -OCH3 is 2. The second-order valence-electron chi connectivity index (χ2n) is 3.28. The molecule has 0 aliphatic carbocycles. The SMILES string of the molecule is CCC(Br)(C=C(C(=O)OC)C(=O)OC)CC. The second kappa shape index (κ2) is 6.68. The van der Waals surface area contributed by atoms with Crippen molar-refractivity contribution in [2.24, 2.45) is 0 Å². The van der Waals surface area contributed by atoms with Crippen molar-refractivity contribution in [3.05, 3.63) is 11.6 Å². The van der Waals surface area contributed by atoms with Crippen LogP contribution >= 0.6 is 15.9 Å². The third-order valence-corrected chi connectivity index (χ3v) is 3.74. The van der Waals surface area contributed by atoms with Crippen molar-refractivity contribution >= 4 is 27.9 Å². The van der Waals surface area contributed by atoms with E-state index < -0.39 is 11.9 Å². The molecule has 0 rings (SSSR count). The second-order valence-corrected chi connectivity index (χ2v) is 4.86. The van der Waals surface area contributed by atoms with Gasteiger partial charge in [0.25, 0.3) is 0 Å². The highest BCUT2D eigenvalue weighted by Gasteiger charge is 2.27. The van der Waals surface area contributed by atoms with Gasteiger partial charge in [0.1, 0.15) is 5.57 Å². The van der Waals surface area contributed by atoms with Crippen LogP contribution in [0.3, 0.4) is 0 Å². The monoisotopic (exact) mass is 292 g/mol. The number of allylic oxidation sites excluding steroid dienone is 1. The summed E-state index contributed by atoms with van der Waals surface area (Å²) < 4.78 is 8.70. The molecule has 92 valence electrons. The molecule has 0 atom stereocenters. The standard InChI is InChI=1S/C11H17BrO4/c1-5-11(12,6-2)7-8(9(13)15-3)10(14)16-4/h7H,5-6H2,1-4H3. The van der Waals surface area contributed by atoms with Crippen molar-refractivity contribution in [2.45, 2.75) is 31.0 Å². The zero-order valence-corrected chi connectivity index (χ0v) is 11.6. The van der Waals surface area contributed by atoms with Gasteiger partial charge in [0.15, 0.2) is 0 Å². The normalized spacial score (nSPS) is 10.6. The molecule has 5 heteroatoms. The van der Waals surface area contributed by atoms with Crippen molar-refractivity contribution in [1.82, 2.24) is 0 Å². The van der Waals surface area contributed by atoms with Gasteiger partial charge < -0.3 is 9.47 Å². The first-order chi connectivity index (χ1) is 7.44. The molecule has 0 aromatic rings. The number of carbonyl (C=O) groups excluding carboxylic acids is 2. The topological polar surface area (TPSA) is 52.6 Å². The van der Waals surface area contributed by atoms with Crippen LogP contribution in [0.2, 0.25) is 0 Å². The average molecular weight is 293 g/mol. The zero-order valence-electron chi connectivity index (χ0n) is 10.0. The lowest BCUT2D eigenvalue weighted by atomic mass is 9.99. The molecule has 0 bridgehead atoms. The molecule has 0 fully saturated rings. The molecule has 0 N–H and O–H groups in total. The summed E-state index contributed by atoms with van der Waals surface area (Å²) in [7, 11) is 2.46. The number of alkyl halides is 1. The zero-order chi connectivity index (χ0) is 12.8. The highest BCUT2D eigenvalue weighted by molar-refractivity contribution is 9.10. The largest absolute Gasteiger partial charge is 0.465 e. The molecule has 16 heavy (non-hydrogen) atoms. The Morgan fingerprint density at radius 2 is 1.50 bits per heavy atom. The first-order valence-electron chi connectivity index (χ1n) is 5.02. The van der Waals surface area contributed by atoms with Crippen LogP contribution in [-0.2, 0) is 19.1 Å². The third kappa shape index (κ3) is 3.96. The Balaban J connectivity index is 5.24. The predicted molar refractivity (Wildman–Crippen MR) is 64.4 cm³/mol. The first-order valence-corrected chi connectivity index (χ1v) is 5.81. The van der Waals surface area contributed by atoms with Crippen LogP contribution in [0, 0.1) is 0 Å². The smallest absolute Gasteiger partial charge is 0.345 e. The van der Waals surface area contributed by atoms with Crippen LogP contribution in [0.15, 0.2) is 11.6 Å². The fourth-order valence-corrected chi connectivity index (χ4v) is 1.36. The predicted octanol–water partition coefficient (Wildman–Crippen LogP) is 2.21. The number of rotatable bonds is 5. The maximum Gasteiger partial charge on any atom is 0.345 e. The van der Waals surface area contributed by atoms with E-state index in [0.29, 0.717) is 0 Å². The minimum Gasteiger partial charge on any atom is -0.465 e. The van der Waals surface area contributed by atoms with Crippen molar-refractivity contribution in [3.8, 4) is 0 Å². The minimum atomic E-state index is -0.683. The van der Waals surface area contributed by atoms with Gasteiger partial charge in [-0.3, -0.25) is 0 Å². The summed E-state index contributed by atoms with van der Waals surface area (Å²) in [6, 6.07) is 0. The van der Waals surface area contributed by atoms with Gasteiger partial charge in [-0.2, -0.15) is 0 Å². The number of esters is 2. The summed E-state index contributed by atoms with van der Waals surface area (Å²) in [6.07, 6.45) is 3.06. The third-order valence-electron chi connectivity index (χ3n) is 2.39. The molecule has 0 amide bonds. The van der Waals surface area contributed by atoms with E-state index in [1.54, 1.807) is 6.08 Å². The molecule has 0 aromatic heterocycles. The van der Waals surface area contributed by atoms with E-state index >= 15 is 0 Å². The van der Waals surface area contributed by atoms with E-state index in [-0.39, 0.29) is 9.90 Å². The van der Waals surface area contributed by atoms with Gasteiger partial charge in [0.2, 0.25) is 0 Å². The van der Waals surface area contributed by atoms with Gasteiger partial charge in [-0.15, -0.1) is 0 Å². The highest BCUT2D eigenvalue weighted by Crippen LogP contribution is 2.29. The van der Waals surface area contributed by atoms with Crippen LogP contribution in [0.25, 0.3) is 0 Å². The molecular weight excluding hydrogens is 276 g/mol. The molecule has 0 radical (unpaired) electrons. The molecule has 0 unspecified atom stereocenters. The van der Waals surface area contributed by atoms with Crippen molar-refractivity contribution < 1.29 is 19.1 Å². The van der Waals surface area contributed by atoms with E-state index in [0.717, 1.165) is 12.8 Å². The molecule has 0 saturated carbocycles. The first kappa shape index (κ1) is 15.2. The quantitative estimate of drug-likeness (QED) is 0.256. The summed E-state index contributed by atoms with van der Waals surface area (Å²) in [5.74, 6) is -1.37. The van der Waals surface area contributed by atoms with Gasteiger partial charge in [-0.1, -0.05) is 29.8 Å². The number of ether oxygens (including phenoxy) is 2. The van der Waals surface area contributed by atoms with Crippen molar-refractivity contribution in [3.63, 3.8) is 0 Å². The van der Waals surface area contributed by atoms with Crippen LogP contribution in [0.5, 0.6) is 0 Å². The number of carbonyl (C=O) groups is 2. The lowest BCUT2D eigenvalue weighted by Gasteiger charge is -2.20. The van der Waals surface area contributed by atoms with Crippen molar-refractivity contribution in [2.75, 3.05) is 14.2 Å². The van der Waals surface area contributed by atoms with E-state index in [1.165, 1.54) is 14.2 Å². The molecule has 0 heterocycles. The molecule has 0 aliphatic heterocycles. The fraction of sp³-hybridized carbons (Fsp3) is 0.636. The Bertz CT molecular complexity index is 274. The van der Waals surface area contributed by atoms with Gasteiger partial charge in [0, 0.05) is 4.32 Å². The number of hydrogen-bond acceptors (Lipinski definition) is 4. The van der Waals surface area contributed by atoms with Gasteiger partial charge >= 0.3 is 11.9 Å². The molecule has 0 spiro atoms. The lowest BCUT2D eigenvalue weighted by Crippen LogP contribution is -2.22. The van der Waals surface area contributed by atoms with Gasteiger partial charge in [0.05, 0.1) is 14.2 Å². The Morgan fingerprint density at radius 3 is 1.75 bits per heavy atom. The molecule has 0 aliphatic rings. The van der Waals surface area contributed by atoms with Crippen LogP contribution in [0.4, 0.5) is 0 Å². The highest BCUT2D eigenvalue weighted by atomic mass is 79.9. The number of halogens is 1. The average Bonchev–Trinajstić information content (AvgIpc) is 2.33. The molecule has 0 saturated heterocycles. The summed E-state index contributed by atoms with van der Waals surface area (Å²) in [5, 5.41) is 0. The Hall–Kier alpha value is -0.840. The molecular formula is C11H17BrO4. The van der Waals surface area contributed by atoms with E-state index in [2.05, 4.69) is 25.4 Å².